The van der Waals surface area contributed by atoms with Crippen LogP contribution in [0.5, 0.6) is 5.75 Å². The lowest BCUT2D eigenvalue weighted by molar-refractivity contribution is 0.305. The SMILES string of the molecule is CN(C)CCCCCCCCCOc1ccccc1-c1ccccc1. The van der Waals surface area contributed by atoms with Crippen LogP contribution in [0.4, 0.5) is 0 Å². The summed E-state index contributed by atoms with van der Waals surface area (Å²) in [6.07, 6.45) is 9.14. The molecule has 0 fully saturated rings. The third kappa shape index (κ3) is 7.74. The van der Waals surface area contributed by atoms with Gasteiger partial charge in [-0.3, -0.25) is 0 Å². The Morgan fingerprint density at radius 1 is 0.680 bits per heavy atom. The molecule has 0 N–H and O–H groups in total. The highest BCUT2D eigenvalue weighted by atomic mass is 16.5. The lowest BCUT2D eigenvalue weighted by Gasteiger charge is -2.11. The highest BCUT2D eigenvalue weighted by Crippen LogP contribution is 2.29. The van der Waals surface area contributed by atoms with Gasteiger partial charge in [-0.2, -0.15) is 0 Å². The van der Waals surface area contributed by atoms with Crippen molar-refractivity contribution in [3.05, 3.63) is 54.6 Å². The average Bonchev–Trinajstić information content (AvgIpc) is 2.64. The molecule has 0 bridgehead atoms. The van der Waals surface area contributed by atoms with Gasteiger partial charge in [-0.25, -0.2) is 0 Å². The van der Waals surface area contributed by atoms with Gasteiger partial charge in [0.25, 0.3) is 0 Å². The van der Waals surface area contributed by atoms with Crippen LogP contribution in [0.25, 0.3) is 11.1 Å². The summed E-state index contributed by atoms with van der Waals surface area (Å²) < 4.78 is 6.06. The molecule has 0 saturated carbocycles. The first-order valence-corrected chi connectivity index (χ1v) is 9.69. The summed E-state index contributed by atoms with van der Waals surface area (Å²) in [5, 5.41) is 0. The zero-order valence-electron chi connectivity index (χ0n) is 15.9. The summed E-state index contributed by atoms with van der Waals surface area (Å²) >= 11 is 0. The lowest BCUT2D eigenvalue weighted by atomic mass is 10.0. The highest BCUT2D eigenvalue weighted by molar-refractivity contribution is 5.70. The molecule has 0 aliphatic rings. The zero-order valence-corrected chi connectivity index (χ0v) is 15.9. The molecule has 0 aliphatic carbocycles. The first-order chi connectivity index (χ1) is 12.3. The van der Waals surface area contributed by atoms with Gasteiger partial charge in [0.2, 0.25) is 0 Å². The molecule has 0 aliphatic heterocycles. The van der Waals surface area contributed by atoms with E-state index in [1.807, 2.05) is 6.07 Å². The third-order valence-electron chi connectivity index (χ3n) is 4.48. The minimum atomic E-state index is 0.810. The molecule has 0 unspecified atom stereocenters. The molecule has 25 heavy (non-hydrogen) atoms. The van der Waals surface area contributed by atoms with E-state index in [0.29, 0.717) is 0 Å². The number of para-hydroxylation sites is 1. The van der Waals surface area contributed by atoms with Crippen LogP contribution in [0.3, 0.4) is 0 Å². The summed E-state index contributed by atoms with van der Waals surface area (Å²) in [5.41, 5.74) is 2.40. The molecular formula is C23H33NO. The monoisotopic (exact) mass is 339 g/mol. The topological polar surface area (TPSA) is 12.5 Å². The number of hydrogen-bond acceptors (Lipinski definition) is 2. The van der Waals surface area contributed by atoms with Crippen LogP contribution in [0.2, 0.25) is 0 Å². The predicted molar refractivity (Wildman–Crippen MR) is 108 cm³/mol. The van der Waals surface area contributed by atoms with E-state index in [2.05, 4.69) is 67.5 Å². The van der Waals surface area contributed by atoms with Gasteiger partial charge in [-0.15, -0.1) is 0 Å². The Morgan fingerprint density at radius 2 is 1.28 bits per heavy atom. The van der Waals surface area contributed by atoms with Crippen LogP contribution in [0.15, 0.2) is 54.6 Å². The van der Waals surface area contributed by atoms with Crippen molar-refractivity contribution in [3.8, 4) is 16.9 Å². The van der Waals surface area contributed by atoms with Crippen molar-refractivity contribution in [3.63, 3.8) is 0 Å². The van der Waals surface area contributed by atoms with E-state index in [1.54, 1.807) is 0 Å². The minimum Gasteiger partial charge on any atom is -0.493 e. The Balaban J connectivity index is 1.61. The number of unbranched alkanes of at least 4 members (excludes halogenated alkanes) is 6. The molecule has 0 heterocycles. The number of hydrogen-bond donors (Lipinski definition) is 0. The van der Waals surface area contributed by atoms with E-state index in [0.717, 1.165) is 18.8 Å². The Kier molecular flexibility index (Phi) is 9.14. The first kappa shape index (κ1) is 19.5. The maximum atomic E-state index is 6.06. The maximum absolute atomic E-state index is 6.06. The quantitative estimate of drug-likeness (QED) is 0.438. The van der Waals surface area contributed by atoms with E-state index in [-0.39, 0.29) is 0 Å². The Morgan fingerprint density at radius 3 is 2.00 bits per heavy atom. The Labute approximate surface area is 153 Å². The number of rotatable bonds is 12. The molecule has 0 amide bonds. The number of benzene rings is 2. The smallest absolute Gasteiger partial charge is 0.127 e. The standard InChI is InChI=1S/C23H33NO/c1-24(2)19-13-6-4-3-5-7-14-20-25-23-18-12-11-17-22(23)21-15-9-8-10-16-21/h8-12,15-18H,3-7,13-14,19-20H2,1-2H3. The van der Waals surface area contributed by atoms with Crippen LogP contribution in [0, 0.1) is 0 Å². The third-order valence-corrected chi connectivity index (χ3v) is 4.48. The largest absolute Gasteiger partial charge is 0.493 e. The molecule has 0 spiro atoms. The highest BCUT2D eigenvalue weighted by Gasteiger charge is 2.04. The van der Waals surface area contributed by atoms with Gasteiger partial charge in [0, 0.05) is 5.56 Å². The van der Waals surface area contributed by atoms with Crippen molar-refractivity contribution in [2.24, 2.45) is 0 Å². The van der Waals surface area contributed by atoms with Crippen LogP contribution in [-0.2, 0) is 0 Å². The molecule has 2 aromatic rings. The minimum absolute atomic E-state index is 0.810. The zero-order chi connectivity index (χ0) is 17.7. The Hall–Kier alpha value is -1.80. The van der Waals surface area contributed by atoms with Crippen molar-refractivity contribution in [2.45, 2.75) is 44.9 Å². The van der Waals surface area contributed by atoms with Gasteiger partial charge in [-0.05, 0) is 45.1 Å². The fourth-order valence-corrected chi connectivity index (χ4v) is 3.04. The fourth-order valence-electron chi connectivity index (χ4n) is 3.04. The van der Waals surface area contributed by atoms with Crippen LogP contribution < -0.4 is 4.74 Å². The van der Waals surface area contributed by atoms with Crippen molar-refractivity contribution in [1.82, 2.24) is 4.90 Å². The summed E-state index contributed by atoms with van der Waals surface area (Å²) in [5.74, 6) is 0.998. The maximum Gasteiger partial charge on any atom is 0.127 e. The molecule has 0 aromatic heterocycles. The second-order valence-electron chi connectivity index (χ2n) is 6.99. The van der Waals surface area contributed by atoms with Gasteiger partial charge in [0.05, 0.1) is 6.61 Å². The van der Waals surface area contributed by atoms with Gasteiger partial charge in [0.15, 0.2) is 0 Å². The van der Waals surface area contributed by atoms with Crippen molar-refractivity contribution in [2.75, 3.05) is 27.2 Å². The molecule has 2 heteroatoms. The van der Waals surface area contributed by atoms with Crippen LogP contribution >= 0.6 is 0 Å². The first-order valence-electron chi connectivity index (χ1n) is 9.69. The predicted octanol–water partition coefficient (Wildman–Crippen LogP) is 6.02. The number of nitrogens with zero attached hydrogens (tertiary/aromatic N) is 1. The number of ether oxygens (including phenoxy) is 1. The van der Waals surface area contributed by atoms with Gasteiger partial charge < -0.3 is 9.64 Å². The van der Waals surface area contributed by atoms with Crippen LogP contribution in [-0.4, -0.2) is 32.1 Å². The van der Waals surface area contributed by atoms with E-state index in [4.69, 9.17) is 4.74 Å². The summed E-state index contributed by atoms with van der Waals surface area (Å²) in [6.45, 7) is 2.03. The molecule has 136 valence electrons. The summed E-state index contributed by atoms with van der Waals surface area (Å²) in [6, 6.07) is 18.8. The molecule has 0 saturated heterocycles. The van der Waals surface area contributed by atoms with E-state index in [9.17, 15) is 0 Å². The van der Waals surface area contributed by atoms with Gasteiger partial charge in [0.1, 0.15) is 5.75 Å². The molecule has 2 aromatic carbocycles. The van der Waals surface area contributed by atoms with Crippen molar-refractivity contribution in [1.29, 1.82) is 0 Å². The second-order valence-corrected chi connectivity index (χ2v) is 6.99. The second kappa shape index (κ2) is 11.7. The molecule has 2 nitrogen and oxygen atoms in total. The van der Waals surface area contributed by atoms with Crippen molar-refractivity contribution >= 4 is 0 Å². The van der Waals surface area contributed by atoms with Crippen molar-refractivity contribution < 1.29 is 4.74 Å². The molecule has 0 radical (unpaired) electrons. The van der Waals surface area contributed by atoms with E-state index in [1.165, 1.54) is 56.2 Å². The van der Waals surface area contributed by atoms with Gasteiger partial charge in [-0.1, -0.05) is 80.6 Å². The summed E-state index contributed by atoms with van der Waals surface area (Å²) in [4.78, 5) is 2.27. The van der Waals surface area contributed by atoms with Crippen LogP contribution in [0.1, 0.15) is 44.9 Å². The Bertz CT molecular complexity index is 580. The van der Waals surface area contributed by atoms with E-state index >= 15 is 0 Å². The molecular weight excluding hydrogens is 306 g/mol. The average molecular weight is 340 g/mol. The molecule has 2 rings (SSSR count). The van der Waals surface area contributed by atoms with Gasteiger partial charge >= 0.3 is 0 Å². The molecule has 0 atom stereocenters. The normalized spacial score (nSPS) is 11.0. The lowest BCUT2D eigenvalue weighted by Crippen LogP contribution is -2.12. The fraction of sp³-hybridized carbons (Fsp3) is 0.478. The summed E-state index contributed by atoms with van der Waals surface area (Å²) in [7, 11) is 4.30. The van der Waals surface area contributed by atoms with E-state index < -0.39 is 0 Å².